The summed E-state index contributed by atoms with van der Waals surface area (Å²) in [6, 6.07) is 13.1. The summed E-state index contributed by atoms with van der Waals surface area (Å²) in [6.07, 6.45) is 0. The summed E-state index contributed by atoms with van der Waals surface area (Å²) >= 11 is 11.9. The Morgan fingerprint density at radius 2 is 1.81 bits per heavy atom. The Kier molecular flexibility index (Phi) is 5.35. The maximum Gasteiger partial charge on any atom is 0.267 e. The van der Waals surface area contributed by atoms with Gasteiger partial charge in [0.25, 0.3) is 5.56 Å². The van der Waals surface area contributed by atoms with Gasteiger partial charge >= 0.3 is 0 Å². The average Bonchev–Trinajstić information content (AvgIpc) is 2.61. The van der Waals surface area contributed by atoms with E-state index < -0.39 is 11.5 Å². The molecule has 1 N–H and O–H groups in total. The first-order valence-electron chi connectivity index (χ1n) is 7.51. The highest BCUT2D eigenvalue weighted by molar-refractivity contribution is 6.35. The van der Waals surface area contributed by atoms with E-state index in [4.69, 9.17) is 23.2 Å². The Labute approximate surface area is 158 Å². The van der Waals surface area contributed by atoms with Crippen LogP contribution in [-0.2, 0) is 11.3 Å². The van der Waals surface area contributed by atoms with Crippen LogP contribution >= 0.6 is 23.2 Å². The van der Waals surface area contributed by atoms with E-state index in [1.165, 1.54) is 42.5 Å². The van der Waals surface area contributed by atoms with Gasteiger partial charge < -0.3 is 5.32 Å². The number of hydrogen-bond donors (Lipinski definition) is 1. The van der Waals surface area contributed by atoms with Crippen LogP contribution in [0.5, 0.6) is 0 Å². The first-order chi connectivity index (χ1) is 12.4. The minimum atomic E-state index is -0.486. The van der Waals surface area contributed by atoms with E-state index in [0.717, 1.165) is 4.68 Å². The summed E-state index contributed by atoms with van der Waals surface area (Å²) in [4.78, 5) is 24.2. The summed E-state index contributed by atoms with van der Waals surface area (Å²) in [5.41, 5.74) is 0.965. The first kappa shape index (κ1) is 18.1. The van der Waals surface area contributed by atoms with E-state index in [1.807, 2.05) is 0 Å². The lowest BCUT2D eigenvalue weighted by molar-refractivity contribution is -0.117. The number of nitrogens with zero attached hydrogens (tertiary/aromatic N) is 2. The number of carbonyl (C=O) groups excluding carboxylic acids is 1. The minimum Gasteiger partial charge on any atom is -0.323 e. The van der Waals surface area contributed by atoms with Crippen molar-refractivity contribution in [1.29, 1.82) is 0 Å². The van der Waals surface area contributed by atoms with Crippen molar-refractivity contribution in [3.63, 3.8) is 0 Å². The number of halogens is 3. The predicted octanol–water partition coefficient (Wildman–Crippen LogP) is 3.99. The van der Waals surface area contributed by atoms with Crippen molar-refractivity contribution in [2.24, 2.45) is 0 Å². The van der Waals surface area contributed by atoms with Crippen molar-refractivity contribution in [1.82, 2.24) is 9.78 Å². The molecule has 0 radical (unpaired) electrons. The third kappa shape index (κ3) is 4.28. The molecule has 5 nitrogen and oxygen atoms in total. The van der Waals surface area contributed by atoms with E-state index in [9.17, 15) is 14.0 Å². The largest absolute Gasteiger partial charge is 0.323 e. The van der Waals surface area contributed by atoms with Gasteiger partial charge in [0.05, 0.1) is 16.4 Å². The zero-order valence-electron chi connectivity index (χ0n) is 13.2. The van der Waals surface area contributed by atoms with Gasteiger partial charge in [0, 0.05) is 16.7 Å². The lowest BCUT2D eigenvalue weighted by atomic mass is 10.1. The minimum absolute atomic E-state index is 0.309. The van der Waals surface area contributed by atoms with Crippen LogP contribution in [-0.4, -0.2) is 15.7 Å². The lowest BCUT2D eigenvalue weighted by Gasteiger charge is -2.09. The molecule has 0 bridgehead atoms. The molecule has 0 unspecified atom stereocenters. The fraction of sp³-hybridized carbons (Fsp3) is 0.0556. The molecule has 0 aliphatic carbocycles. The summed E-state index contributed by atoms with van der Waals surface area (Å²) in [7, 11) is 0. The second-order valence-corrected chi connectivity index (χ2v) is 6.24. The third-order valence-electron chi connectivity index (χ3n) is 3.50. The number of benzene rings is 2. The summed E-state index contributed by atoms with van der Waals surface area (Å²) in [5.74, 6) is -0.861. The van der Waals surface area contributed by atoms with Crippen LogP contribution in [0.4, 0.5) is 10.1 Å². The molecule has 0 fully saturated rings. The highest BCUT2D eigenvalue weighted by Crippen LogP contribution is 2.25. The van der Waals surface area contributed by atoms with Gasteiger partial charge in [-0.2, -0.15) is 5.10 Å². The van der Waals surface area contributed by atoms with Gasteiger partial charge in [0.1, 0.15) is 12.4 Å². The van der Waals surface area contributed by atoms with Crippen LogP contribution in [0.1, 0.15) is 0 Å². The van der Waals surface area contributed by atoms with Crippen molar-refractivity contribution in [2.75, 3.05) is 5.32 Å². The molecule has 1 amide bonds. The quantitative estimate of drug-likeness (QED) is 0.730. The van der Waals surface area contributed by atoms with Gasteiger partial charge in [-0.05, 0) is 48.5 Å². The smallest absolute Gasteiger partial charge is 0.267 e. The number of carbonyl (C=O) groups is 1. The molecule has 2 aromatic carbocycles. The van der Waals surface area contributed by atoms with Crippen LogP contribution in [0.3, 0.4) is 0 Å². The zero-order valence-corrected chi connectivity index (χ0v) is 14.8. The Morgan fingerprint density at radius 1 is 1.08 bits per heavy atom. The molecular formula is C18H12Cl2FN3O2. The van der Waals surface area contributed by atoms with Crippen LogP contribution in [0.25, 0.3) is 11.3 Å². The molecule has 1 aromatic heterocycles. The van der Waals surface area contributed by atoms with E-state index in [-0.39, 0.29) is 12.4 Å². The second-order valence-electron chi connectivity index (χ2n) is 5.39. The molecule has 0 saturated carbocycles. The van der Waals surface area contributed by atoms with Crippen molar-refractivity contribution >= 4 is 34.8 Å². The van der Waals surface area contributed by atoms with Crippen molar-refractivity contribution in [3.05, 3.63) is 80.8 Å². The molecular weight excluding hydrogens is 380 g/mol. The monoisotopic (exact) mass is 391 g/mol. The molecule has 0 spiro atoms. The van der Waals surface area contributed by atoms with E-state index in [1.54, 1.807) is 12.1 Å². The Hall–Kier alpha value is -2.70. The molecule has 3 rings (SSSR count). The van der Waals surface area contributed by atoms with Crippen molar-refractivity contribution in [3.8, 4) is 11.3 Å². The number of amides is 1. The van der Waals surface area contributed by atoms with Gasteiger partial charge in [0.15, 0.2) is 0 Å². The van der Waals surface area contributed by atoms with Gasteiger partial charge in [-0.3, -0.25) is 9.59 Å². The Balaban J connectivity index is 1.81. The fourth-order valence-corrected chi connectivity index (χ4v) is 2.59. The lowest BCUT2D eigenvalue weighted by Crippen LogP contribution is -2.29. The number of rotatable bonds is 4. The van der Waals surface area contributed by atoms with Gasteiger partial charge in [-0.15, -0.1) is 0 Å². The Morgan fingerprint density at radius 3 is 2.54 bits per heavy atom. The second kappa shape index (κ2) is 7.68. The molecule has 0 saturated heterocycles. The molecule has 3 aromatic rings. The van der Waals surface area contributed by atoms with Crippen LogP contribution in [0.2, 0.25) is 10.0 Å². The van der Waals surface area contributed by atoms with Crippen LogP contribution < -0.4 is 10.9 Å². The van der Waals surface area contributed by atoms with Crippen molar-refractivity contribution in [2.45, 2.75) is 6.54 Å². The molecule has 26 heavy (non-hydrogen) atoms. The Bertz CT molecular complexity index is 1020. The first-order valence-corrected chi connectivity index (χ1v) is 8.27. The van der Waals surface area contributed by atoms with E-state index in [2.05, 4.69) is 10.4 Å². The SMILES string of the molecule is O=C(Cn1nc(-c2ccc(F)cc2)ccc1=O)Nc1cc(Cl)ccc1Cl. The molecule has 1 heterocycles. The molecule has 8 heteroatoms. The van der Waals surface area contributed by atoms with E-state index >= 15 is 0 Å². The zero-order chi connectivity index (χ0) is 18.7. The van der Waals surface area contributed by atoms with Crippen molar-refractivity contribution < 1.29 is 9.18 Å². The normalized spacial score (nSPS) is 10.6. The van der Waals surface area contributed by atoms with Crippen LogP contribution in [0, 0.1) is 5.82 Å². The maximum atomic E-state index is 13.0. The molecule has 0 atom stereocenters. The predicted molar refractivity (Wildman–Crippen MR) is 99.0 cm³/mol. The maximum absolute atomic E-state index is 13.0. The highest BCUT2D eigenvalue weighted by Gasteiger charge is 2.10. The number of anilines is 1. The fourth-order valence-electron chi connectivity index (χ4n) is 2.26. The average molecular weight is 392 g/mol. The van der Waals surface area contributed by atoms with E-state index in [0.29, 0.717) is 27.0 Å². The highest BCUT2D eigenvalue weighted by atomic mass is 35.5. The van der Waals surface area contributed by atoms with Gasteiger partial charge in [-0.25, -0.2) is 9.07 Å². The number of hydrogen-bond acceptors (Lipinski definition) is 3. The number of nitrogens with one attached hydrogen (secondary N) is 1. The van der Waals surface area contributed by atoms with Gasteiger partial charge in [0.2, 0.25) is 5.91 Å². The molecule has 0 aliphatic heterocycles. The third-order valence-corrected chi connectivity index (χ3v) is 4.07. The standard InChI is InChI=1S/C18H12Cl2FN3O2/c19-12-3-6-14(20)16(9-12)22-17(25)10-24-18(26)8-7-15(23-24)11-1-4-13(21)5-2-11/h1-9H,10H2,(H,22,25). The van der Waals surface area contributed by atoms with Crippen LogP contribution in [0.15, 0.2) is 59.4 Å². The summed E-state index contributed by atoms with van der Waals surface area (Å²) in [6.45, 7) is -0.309. The van der Waals surface area contributed by atoms with Gasteiger partial charge in [-0.1, -0.05) is 23.2 Å². The summed E-state index contributed by atoms with van der Waals surface area (Å²) in [5, 5.41) is 7.48. The molecule has 132 valence electrons. The molecule has 0 aliphatic rings. The number of aromatic nitrogens is 2. The summed E-state index contributed by atoms with van der Waals surface area (Å²) < 4.78 is 14.1. The topological polar surface area (TPSA) is 64.0 Å².